The number of carbonyl (C=O) groups excluding carboxylic acids is 2. The lowest BCUT2D eigenvalue weighted by atomic mass is 10.0. The third kappa shape index (κ3) is 6.13. The zero-order valence-corrected chi connectivity index (χ0v) is 20.2. The fourth-order valence-electron chi connectivity index (χ4n) is 3.43. The van der Waals surface area contributed by atoms with Gasteiger partial charge in [-0.1, -0.05) is 0 Å². The van der Waals surface area contributed by atoms with Crippen molar-refractivity contribution < 1.29 is 27.2 Å². The van der Waals surface area contributed by atoms with Crippen LogP contribution in [0.3, 0.4) is 0 Å². The Morgan fingerprint density at radius 2 is 1.75 bits per heavy atom. The first kappa shape index (κ1) is 25.5. The Hall–Kier alpha value is -3.64. The second kappa shape index (κ2) is 11.0. The number of nitrogens with one attached hydrogen (secondary N) is 2. The smallest absolute Gasteiger partial charge is 0.325 e. The van der Waals surface area contributed by atoms with Crippen LogP contribution in [-0.2, 0) is 11.2 Å². The fourth-order valence-corrected chi connectivity index (χ4v) is 4.64. The molecule has 1 heterocycles. The minimum atomic E-state index is -1.24. The number of likely N-dealkylation sites (N-methyl/N-ethyl adjacent to an activating group) is 1. The molecule has 3 amide bonds. The number of hydrogen-bond acceptors (Lipinski definition) is 5. The average molecular weight is 535 g/mol. The normalized spacial score (nSPS) is 11.8. The van der Waals surface area contributed by atoms with E-state index in [9.17, 15) is 27.2 Å². The highest BCUT2D eigenvalue weighted by molar-refractivity contribution is 7.98. The molecule has 1 aromatic heterocycles. The van der Waals surface area contributed by atoms with Gasteiger partial charge in [-0.05, 0) is 60.0 Å². The van der Waals surface area contributed by atoms with E-state index in [1.165, 1.54) is 23.3 Å². The molecule has 4 rings (SSSR count). The minimum absolute atomic E-state index is 0.0460. The van der Waals surface area contributed by atoms with E-state index in [1.54, 1.807) is 23.7 Å². The zero-order valence-electron chi connectivity index (χ0n) is 18.6. The molecule has 0 aliphatic carbocycles. The second-order valence-corrected chi connectivity index (χ2v) is 9.42. The van der Waals surface area contributed by atoms with Crippen LogP contribution in [0.5, 0.6) is 0 Å². The van der Waals surface area contributed by atoms with Crippen molar-refractivity contribution in [3.8, 4) is 0 Å². The van der Waals surface area contributed by atoms with Crippen LogP contribution in [-0.4, -0.2) is 30.0 Å². The van der Waals surface area contributed by atoms with Crippen LogP contribution >= 0.6 is 23.3 Å². The number of halogens is 4. The van der Waals surface area contributed by atoms with Gasteiger partial charge in [-0.3, -0.25) is 9.52 Å². The number of urea groups is 1. The molecule has 0 aliphatic heterocycles. The van der Waals surface area contributed by atoms with Gasteiger partial charge in [0.1, 0.15) is 29.3 Å². The van der Waals surface area contributed by atoms with Gasteiger partial charge in [0.15, 0.2) is 0 Å². The second-order valence-electron chi connectivity index (χ2n) is 7.69. The van der Waals surface area contributed by atoms with Crippen LogP contribution in [0.4, 0.5) is 28.0 Å². The SMILES string of the molecule is CN(C(=O)C(Cc1cc(F)cc(F)c1)NC(=O)NSc1ccc(F)cc1F)c1ccc2scnc2c1. The molecule has 0 aliphatic rings. The highest BCUT2D eigenvalue weighted by Crippen LogP contribution is 2.24. The Morgan fingerprint density at radius 3 is 2.47 bits per heavy atom. The number of anilines is 1. The summed E-state index contributed by atoms with van der Waals surface area (Å²) in [5.74, 6) is -3.87. The molecule has 36 heavy (non-hydrogen) atoms. The molecule has 186 valence electrons. The number of nitrogens with zero attached hydrogens (tertiary/aromatic N) is 2. The first-order valence-corrected chi connectivity index (χ1v) is 12.1. The van der Waals surface area contributed by atoms with E-state index in [0.29, 0.717) is 35.3 Å². The van der Waals surface area contributed by atoms with Crippen molar-refractivity contribution in [2.45, 2.75) is 17.4 Å². The number of amides is 3. The molecule has 1 atom stereocenters. The topological polar surface area (TPSA) is 74.3 Å². The maximum Gasteiger partial charge on any atom is 0.325 e. The van der Waals surface area contributed by atoms with Crippen LogP contribution in [0.1, 0.15) is 5.56 Å². The number of benzene rings is 3. The molecule has 0 fully saturated rings. The molecule has 1 unspecified atom stereocenters. The van der Waals surface area contributed by atoms with E-state index in [0.717, 1.165) is 29.0 Å². The van der Waals surface area contributed by atoms with Gasteiger partial charge in [-0.2, -0.15) is 0 Å². The lowest BCUT2D eigenvalue weighted by molar-refractivity contribution is -0.120. The number of rotatable bonds is 7. The van der Waals surface area contributed by atoms with Crippen LogP contribution < -0.4 is 14.9 Å². The summed E-state index contributed by atoms with van der Waals surface area (Å²) in [7, 11) is 1.50. The fraction of sp³-hybridized carbons (Fsp3) is 0.125. The Bertz CT molecular complexity index is 1410. The standard InChI is InChI=1S/C24H18F4N4O2S2/c1-32(17-3-5-22-19(11-17)29-12-35-22)23(33)20(8-13-6-15(26)9-16(27)7-13)30-24(34)31-36-21-4-2-14(25)10-18(21)28/h2-7,9-12,20H,8H2,1H3,(H2,30,31,34). The predicted molar refractivity (Wildman–Crippen MR) is 131 cm³/mol. The summed E-state index contributed by atoms with van der Waals surface area (Å²) in [6.45, 7) is 0. The summed E-state index contributed by atoms with van der Waals surface area (Å²) in [4.78, 5) is 31.4. The minimum Gasteiger partial charge on any atom is -0.325 e. The van der Waals surface area contributed by atoms with Crippen LogP contribution in [0, 0.1) is 23.3 Å². The van der Waals surface area contributed by atoms with Crippen LogP contribution in [0.2, 0.25) is 0 Å². The van der Waals surface area contributed by atoms with E-state index in [2.05, 4.69) is 15.0 Å². The molecule has 12 heteroatoms. The maximum absolute atomic E-state index is 13.9. The summed E-state index contributed by atoms with van der Waals surface area (Å²) < 4.78 is 57.7. The Kier molecular flexibility index (Phi) is 7.75. The summed E-state index contributed by atoms with van der Waals surface area (Å²) in [6, 6.07) is 8.80. The van der Waals surface area contributed by atoms with Crippen LogP contribution in [0.25, 0.3) is 10.2 Å². The molecule has 4 aromatic rings. The summed E-state index contributed by atoms with van der Waals surface area (Å²) >= 11 is 2.02. The molecule has 3 aromatic carbocycles. The molecule has 0 bridgehead atoms. The molecule has 0 saturated heterocycles. The largest absolute Gasteiger partial charge is 0.325 e. The monoisotopic (exact) mass is 534 g/mol. The molecule has 0 saturated carbocycles. The molecule has 0 spiro atoms. The van der Waals surface area contributed by atoms with Crippen molar-refractivity contribution in [2.75, 3.05) is 11.9 Å². The molecule has 0 radical (unpaired) electrons. The highest BCUT2D eigenvalue weighted by Gasteiger charge is 2.26. The van der Waals surface area contributed by atoms with E-state index >= 15 is 0 Å². The van der Waals surface area contributed by atoms with Gasteiger partial charge in [0.05, 0.1) is 20.6 Å². The average Bonchev–Trinajstić information content (AvgIpc) is 3.29. The van der Waals surface area contributed by atoms with Crippen molar-refractivity contribution in [2.24, 2.45) is 0 Å². The van der Waals surface area contributed by atoms with Gasteiger partial charge in [0.2, 0.25) is 5.91 Å². The van der Waals surface area contributed by atoms with Crippen molar-refractivity contribution in [1.82, 2.24) is 15.0 Å². The number of aromatic nitrogens is 1. The first-order valence-electron chi connectivity index (χ1n) is 10.4. The molecular formula is C24H18F4N4O2S2. The van der Waals surface area contributed by atoms with Gasteiger partial charge in [0.25, 0.3) is 0 Å². The van der Waals surface area contributed by atoms with Gasteiger partial charge >= 0.3 is 6.03 Å². The summed E-state index contributed by atoms with van der Waals surface area (Å²) in [5, 5.41) is 2.47. The highest BCUT2D eigenvalue weighted by atomic mass is 32.2. The quantitative estimate of drug-likeness (QED) is 0.245. The van der Waals surface area contributed by atoms with E-state index in [1.807, 2.05) is 0 Å². The Morgan fingerprint density at radius 1 is 1.00 bits per heavy atom. The van der Waals surface area contributed by atoms with E-state index < -0.39 is 41.2 Å². The molecular weight excluding hydrogens is 516 g/mol. The van der Waals surface area contributed by atoms with Crippen molar-refractivity contribution in [1.29, 1.82) is 0 Å². The van der Waals surface area contributed by atoms with Gasteiger partial charge < -0.3 is 10.2 Å². The van der Waals surface area contributed by atoms with Crippen molar-refractivity contribution in [3.63, 3.8) is 0 Å². The first-order chi connectivity index (χ1) is 17.2. The van der Waals surface area contributed by atoms with Crippen molar-refractivity contribution >= 4 is 51.1 Å². The molecule has 6 nitrogen and oxygen atoms in total. The van der Waals surface area contributed by atoms with Crippen molar-refractivity contribution in [3.05, 3.63) is 88.9 Å². The van der Waals surface area contributed by atoms with Gasteiger partial charge in [-0.25, -0.2) is 27.3 Å². The summed E-state index contributed by atoms with van der Waals surface area (Å²) in [5.41, 5.74) is 3.00. The number of fused-ring (bicyclic) bond motifs is 1. The van der Waals surface area contributed by atoms with Gasteiger partial charge in [-0.15, -0.1) is 11.3 Å². The Labute approximate surface area is 211 Å². The molecule has 2 N–H and O–H groups in total. The predicted octanol–water partition coefficient (Wildman–Crippen LogP) is 5.43. The number of thiazole rings is 1. The number of hydrogen-bond donors (Lipinski definition) is 2. The number of carbonyl (C=O) groups is 2. The lowest BCUT2D eigenvalue weighted by Crippen LogP contribution is -2.50. The lowest BCUT2D eigenvalue weighted by Gasteiger charge is -2.25. The van der Waals surface area contributed by atoms with Crippen LogP contribution in [0.15, 0.2) is 65.0 Å². The summed E-state index contributed by atoms with van der Waals surface area (Å²) in [6.07, 6.45) is -0.222. The van der Waals surface area contributed by atoms with E-state index in [-0.39, 0.29) is 16.9 Å². The third-order valence-corrected chi connectivity index (χ3v) is 6.79. The Balaban J connectivity index is 1.53. The van der Waals surface area contributed by atoms with Gasteiger partial charge in [0, 0.05) is 31.3 Å². The maximum atomic E-state index is 13.9. The third-order valence-electron chi connectivity index (χ3n) is 5.15. The van der Waals surface area contributed by atoms with E-state index in [4.69, 9.17) is 0 Å². The zero-order chi connectivity index (χ0) is 25.8.